The van der Waals surface area contributed by atoms with Crippen LogP contribution < -0.4 is 5.32 Å². The van der Waals surface area contributed by atoms with Gasteiger partial charge in [-0.15, -0.1) is 11.3 Å². The Bertz CT molecular complexity index is 729. The number of nitrogens with one attached hydrogen (secondary N) is 1. The number of thiophene rings is 1. The van der Waals surface area contributed by atoms with E-state index in [4.69, 9.17) is 0 Å². The molecule has 0 fully saturated rings. The fourth-order valence-corrected chi connectivity index (χ4v) is 3.84. The van der Waals surface area contributed by atoms with Crippen molar-refractivity contribution in [2.45, 2.75) is 4.21 Å². The summed E-state index contributed by atoms with van der Waals surface area (Å²) in [4.78, 5) is 15.6. The first-order valence-corrected chi connectivity index (χ1v) is 8.17. The van der Waals surface area contributed by atoms with Crippen molar-refractivity contribution in [2.75, 3.05) is 18.9 Å². The minimum absolute atomic E-state index is 0.00979. The maximum atomic E-state index is 12.1. The summed E-state index contributed by atoms with van der Waals surface area (Å²) in [6.07, 6.45) is 1.40. The third-order valence-electron chi connectivity index (χ3n) is 2.57. The number of aromatic nitrogens is 1. The van der Waals surface area contributed by atoms with Gasteiger partial charge in [0.1, 0.15) is 4.21 Å². The number of pyridine rings is 1. The molecule has 0 aliphatic heterocycles. The maximum absolute atomic E-state index is 12.1. The van der Waals surface area contributed by atoms with Crippen molar-refractivity contribution in [3.8, 4) is 5.75 Å². The average molecular weight is 327 g/mol. The van der Waals surface area contributed by atoms with Crippen LogP contribution in [0.5, 0.6) is 5.75 Å². The molecule has 0 saturated heterocycles. The first-order chi connectivity index (χ1) is 9.91. The quantitative estimate of drug-likeness (QED) is 0.857. The van der Waals surface area contributed by atoms with Gasteiger partial charge in [-0.3, -0.25) is 4.79 Å². The number of carbonyl (C=O) groups is 1. The third-order valence-corrected chi connectivity index (χ3v) is 5.75. The van der Waals surface area contributed by atoms with Gasteiger partial charge in [-0.25, -0.2) is 13.4 Å². The summed E-state index contributed by atoms with van der Waals surface area (Å²) in [6.45, 7) is -0.379. The molecular weight excluding hydrogens is 314 g/mol. The normalized spacial score (nSPS) is 11.5. The van der Waals surface area contributed by atoms with E-state index in [0.29, 0.717) is 0 Å². The van der Waals surface area contributed by atoms with Crippen LogP contribution >= 0.6 is 11.3 Å². The molecule has 0 aliphatic rings. The van der Waals surface area contributed by atoms with E-state index in [1.54, 1.807) is 11.4 Å². The summed E-state index contributed by atoms with van der Waals surface area (Å²) in [6, 6.07) is 5.98. The zero-order valence-electron chi connectivity index (χ0n) is 11.1. The number of likely N-dealkylation sites (N-methyl/N-ethyl adjacent to an activating group) is 1. The highest BCUT2D eigenvalue weighted by Gasteiger charge is 2.24. The van der Waals surface area contributed by atoms with Crippen LogP contribution in [0.4, 0.5) is 5.82 Å². The van der Waals surface area contributed by atoms with Crippen LogP contribution in [0.3, 0.4) is 0 Å². The Balaban J connectivity index is 2.05. The lowest BCUT2D eigenvalue weighted by molar-refractivity contribution is -0.116. The van der Waals surface area contributed by atoms with Crippen molar-refractivity contribution in [1.29, 1.82) is 0 Å². The van der Waals surface area contributed by atoms with Crippen LogP contribution in [0.2, 0.25) is 0 Å². The Labute approximate surface area is 125 Å². The van der Waals surface area contributed by atoms with Crippen molar-refractivity contribution in [3.63, 3.8) is 0 Å². The Kier molecular flexibility index (Phi) is 4.56. The lowest BCUT2D eigenvalue weighted by Crippen LogP contribution is -2.34. The summed E-state index contributed by atoms with van der Waals surface area (Å²) in [5.41, 5.74) is 0. The Hall–Kier alpha value is -1.97. The summed E-state index contributed by atoms with van der Waals surface area (Å²) in [5, 5.41) is 13.5. The molecule has 2 aromatic rings. The summed E-state index contributed by atoms with van der Waals surface area (Å²) in [5.74, 6) is -0.786. The molecule has 9 heteroatoms. The molecule has 112 valence electrons. The van der Waals surface area contributed by atoms with Gasteiger partial charge in [-0.2, -0.15) is 4.31 Å². The van der Waals surface area contributed by atoms with E-state index in [9.17, 15) is 18.3 Å². The zero-order valence-corrected chi connectivity index (χ0v) is 12.7. The van der Waals surface area contributed by atoms with Gasteiger partial charge in [0.05, 0.1) is 6.54 Å². The molecule has 2 heterocycles. The van der Waals surface area contributed by atoms with Gasteiger partial charge >= 0.3 is 0 Å². The van der Waals surface area contributed by atoms with Crippen LogP contribution in [-0.2, 0) is 14.8 Å². The minimum Gasteiger partial charge on any atom is -0.504 e. The van der Waals surface area contributed by atoms with Crippen molar-refractivity contribution in [2.24, 2.45) is 0 Å². The van der Waals surface area contributed by atoms with Gasteiger partial charge in [-0.05, 0) is 23.6 Å². The van der Waals surface area contributed by atoms with Crippen LogP contribution in [0, 0.1) is 0 Å². The first-order valence-electron chi connectivity index (χ1n) is 5.85. The van der Waals surface area contributed by atoms with Crippen molar-refractivity contribution >= 4 is 33.1 Å². The van der Waals surface area contributed by atoms with Gasteiger partial charge in [-0.1, -0.05) is 6.07 Å². The van der Waals surface area contributed by atoms with E-state index < -0.39 is 15.9 Å². The number of aromatic hydroxyl groups is 1. The molecule has 0 bridgehead atoms. The third kappa shape index (κ3) is 3.57. The van der Waals surface area contributed by atoms with E-state index in [1.165, 1.54) is 31.4 Å². The van der Waals surface area contributed by atoms with E-state index >= 15 is 0 Å². The monoisotopic (exact) mass is 327 g/mol. The molecule has 0 aromatic carbocycles. The largest absolute Gasteiger partial charge is 0.504 e. The van der Waals surface area contributed by atoms with E-state index in [-0.39, 0.29) is 22.3 Å². The SMILES string of the molecule is CN(CC(=O)Nc1ncccc1O)S(=O)(=O)c1cccs1. The molecule has 2 N–H and O–H groups in total. The fourth-order valence-electron chi connectivity index (χ4n) is 1.52. The fraction of sp³-hybridized carbons (Fsp3) is 0.167. The molecule has 0 unspecified atom stereocenters. The smallest absolute Gasteiger partial charge is 0.252 e. The predicted molar refractivity (Wildman–Crippen MR) is 78.7 cm³/mol. The van der Waals surface area contributed by atoms with Crippen LogP contribution in [-0.4, -0.2) is 42.3 Å². The van der Waals surface area contributed by atoms with Gasteiger partial charge in [0.25, 0.3) is 10.0 Å². The highest BCUT2D eigenvalue weighted by Crippen LogP contribution is 2.20. The maximum Gasteiger partial charge on any atom is 0.252 e. The average Bonchev–Trinajstić information content (AvgIpc) is 2.96. The number of sulfonamides is 1. The van der Waals surface area contributed by atoms with Crippen LogP contribution in [0.1, 0.15) is 0 Å². The topological polar surface area (TPSA) is 99.6 Å². The standard InChI is InChI=1S/C12H13N3O4S2/c1-15(21(18,19)11-5-3-7-20-11)8-10(17)14-12-9(16)4-2-6-13-12/h2-7,16H,8H2,1H3,(H,13,14,17). The van der Waals surface area contributed by atoms with Crippen molar-refractivity contribution in [3.05, 3.63) is 35.8 Å². The van der Waals surface area contributed by atoms with E-state index in [0.717, 1.165) is 15.6 Å². The molecule has 2 rings (SSSR count). The van der Waals surface area contributed by atoms with E-state index in [2.05, 4.69) is 10.3 Å². The number of hydrogen-bond donors (Lipinski definition) is 2. The second-order valence-corrected chi connectivity index (χ2v) is 7.33. The lowest BCUT2D eigenvalue weighted by Gasteiger charge is -2.15. The first kappa shape index (κ1) is 15.4. The number of hydrogen-bond acceptors (Lipinski definition) is 6. The predicted octanol–water partition coefficient (Wildman–Crippen LogP) is 1.11. The second-order valence-electron chi connectivity index (χ2n) is 4.11. The molecule has 1 amide bonds. The molecule has 0 radical (unpaired) electrons. The van der Waals surface area contributed by atoms with Gasteiger partial charge in [0.15, 0.2) is 11.6 Å². The Morgan fingerprint density at radius 1 is 1.43 bits per heavy atom. The Morgan fingerprint density at radius 2 is 2.19 bits per heavy atom. The van der Waals surface area contributed by atoms with Gasteiger partial charge < -0.3 is 10.4 Å². The molecule has 0 spiro atoms. The second kappa shape index (κ2) is 6.20. The molecule has 0 atom stereocenters. The number of rotatable bonds is 5. The number of nitrogens with zero attached hydrogens (tertiary/aromatic N) is 2. The summed E-state index contributed by atoms with van der Waals surface area (Å²) in [7, 11) is -2.37. The molecule has 7 nitrogen and oxygen atoms in total. The highest BCUT2D eigenvalue weighted by atomic mass is 32.2. The molecular formula is C12H13N3O4S2. The number of carbonyl (C=O) groups excluding carboxylic acids is 1. The summed E-state index contributed by atoms with van der Waals surface area (Å²) >= 11 is 1.08. The van der Waals surface area contributed by atoms with Crippen LogP contribution in [0.15, 0.2) is 40.1 Å². The van der Waals surface area contributed by atoms with E-state index in [1.807, 2.05) is 0 Å². The zero-order chi connectivity index (χ0) is 15.5. The number of anilines is 1. The molecule has 0 saturated carbocycles. The van der Waals surface area contributed by atoms with Gasteiger partial charge in [0, 0.05) is 13.2 Å². The van der Waals surface area contributed by atoms with Crippen molar-refractivity contribution < 1.29 is 18.3 Å². The summed E-state index contributed by atoms with van der Waals surface area (Å²) < 4.78 is 25.4. The number of amides is 1. The van der Waals surface area contributed by atoms with Gasteiger partial charge in [0.2, 0.25) is 5.91 Å². The highest BCUT2D eigenvalue weighted by molar-refractivity contribution is 7.91. The van der Waals surface area contributed by atoms with Crippen LogP contribution in [0.25, 0.3) is 0 Å². The van der Waals surface area contributed by atoms with Crippen molar-refractivity contribution in [1.82, 2.24) is 9.29 Å². The molecule has 0 aliphatic carbocycles. The minimum atomic E-state index is -3.69. The lowest BCUT2D eigenvalue weighted by atomic mass is 10.4. The Morgan fingerprint density at radius 3 is 2.81 bits per heavy atom. The molecule has 2 aromatic heterocycles. The molecule has 21 heavy (non-hydrogen) atoms.